The summed E-state index contributed by atoms with van der Waals surface area (Å²) in [6, 6.07) is 0. The second-order valence-corrected chi connectivity index (χ2v) is 4.25. The molecule has 1 unspecified atom stereocenters. The van der Waals surface area contributed by atoms with Gasteiger partial charge >= 0.3 is 11.9 Å². The van der Waals surface area contributed by atoms with E-state index in [-0.39, 0.29) is 12.5 Å². The van der Waals surface area contributed by atoms with Gasteiger partial charge in [0.05, 0.1) is 12.2 Å². The van der Waals surface area contributed by atoms with Gasteiger partial charge in [0.25, 0.3) is 0 Å². The molecule has 0 aromatic rings. The largest absolute Gasteiger partial charge is 0.393 e. The van der Waals surface area contributed by atoms with Crippen LogP contribution >= 0.6 is 0 Å². The van der Waals surface area contributed by atoms with Gasteiger partial charge in [0.1, 0.15) is 0 Å². The summed E-state index contributed by atoms with van der Waals surface area (Å²) < 4.78 is 10.2. The normalized spacial score (nSPS) is 24.4. The number of rotatable bonds is 5. The van der Waals surface area contributed by atoms with Crippen molar-refractivity contribution in [2.45, 2.75) is 64.6 Å². The molecule has 1 saturated heterocycles. The van der Waals surface area contributed by atoms with Gasteiger partial charge in [0, 0.05) is 13.3 Å². The molecule has 1 fully saturated rings. The van der Waals surface area contributed by atoms with Crippen LogP contribution in [0.25, 0.3) is 0 Å². The maximum absolute atomic E-state index is 11.1. The van der Waals surface area contributed by atoms with Crippen LogP contribution in [-0.4, -0.2) is 24.1 Å². The Morgan fingerprint density at radius 1 is 1.25 bits per heavy atom. The molecule has 0 saturated carbocycles. The summed E-state index contributed by atoms with van der Waals surface area (Å²) in [5.74, 6) is -0.990. The molecule has 1 aliphatic heterocycles. The van der Waals surface area contributed by atoms with Gasteiger partial charge in [-0.25, -0.2) is 0 Å². The second-order valence-electron chi connectivity index (χ2n) is 4.25. The minimum atomic E-state index is -0.541. The summed E-state index contributed by atoms with van der Waals surface area (Å²) in [5, 5.41) is 0. The van der Waals surface area contributed by atoms with E-state index in [0.29, 0.717) is 12.5 Å². The molecule has 1 aliphatic rings. The van der Waals surface area contributed by atoms with Gasteiger partial charge in [-0.05, 0) is 25.7 Å². The summed E-state index contributed by atoms with van der Waals surface area (Å²) in [5.41, 5.74) is 0. The molecule has 0 bridgehead atoms. The van der Waals surface area contributed by atoms with Crippen LogP contribution in [0.4, 0.5) is 0 Å². The van der Waals surface area contributed by atoms with Crippen LogP contribution in [0.2, 0.25) is 0 Å². The fraction of sp³-hybridized carbons (Fsp3) is 0.833. The number of carbonyl (C=O) groups is 2. The van der Waals surface area contributed by atoms with E-state index in [1.54, 1.807) is 0 Å². The summed E-state index contributed by atoms with van der Waals surface area (Å²) in [7, 11) is 0. The lowest BCUT2D eigenvalue weighted by Gasteiger charge is -2.12. The third-order valence-electron chi connectivity index (χ3n) is 2.73. The van der Waals surface area contributed by atoms with Crippen molar-refractivity contribution in [1.82, 2.24) is 0 Å². The van der Waals surface area contributed by atoms with Gasteiger partial charge in [-0.1, -0.05) is 13.3 Å². The molecule has 1 rings (SSSR count). The molecule has 0 radical (unpaired) electrons. The molecule has 2 atom stereocenters. The smallest absolute Gasteiger partial charge is 0.313 e. The van der Waals surface area contributed by atoms with E-state index in [4.69, 9.17) is 4.74 Å². The number of ether oxygens (including phenoxy) is 2. The quantitative estimate of drug-likeness (QED) is 0.534. The van der Waals surface area contributed by atoms with E-state index >= 15 is 0 Å². The van der Waals surface area contributed by atoms with Crippen molar-refractivity contribution in [2.75, 3.05) is 0 Å². The molecule has 16 heavy (non-hydrogen) atoms. The first kappa shape index (κ1) is 13.2. The molecule has 1 heterocycles. The first-order valence-electron chi connectivity index (χ1n) is 5.98. The van der Waals surface area contributed by atoms with Gasteiger partial charge in [-0.2, -0.15) is 0 Å². The van der Waals surface area contributed by atoms with E-state index in [1.165, 1.54) is 6.92 Å². The molecule has 4 nitrogen and oxygen atoms in total. The molecule has 0 aromatic heterocycles. The standard InChI is InChI=1S/C12H20O4/c1-3-4-10-5-6-11(16-10)7-8-12(14)15-9(2)13/h10-11H,3-8H2,1-2H3/t10-,11?/m0/s1. The third kappa shape index (κ3) is 4.75. The SMILES string of the molecule is CCC[C@H]1CCC(CCC(=O)OC(C)=O)O1. The average Bonchev–Trinajstić information content (AvgIpc) is 2.62. The predicted octanol–water partition coefficient (Wildman–Crippen LogP) is 2.20. The topological polar surface area (TPSA) is 52.6 Å². The molecule has 4 heteroatoms. The Morgan fingerprint density at radius 2 is 1.88 bits per heavy atom. The number of carbonyl (C=O) groups excluding carboxylic acids is 2. The Morgan fingerprint density at radius 3 is 2.44 bits per heavy atom. The highest BCUT2D eigenvalue weighted by molar-refractivity contribution is 5.83. The molecule has 0 spiro atoms. The fourth-order valence-electron chi connectivity index (χ4n) is 2.02. The van der Waals surface area contributed by atoms with Crippen LogP contribution in [0, 0.1) is 0 Å². The van der Waals surface area contributed by atoms with E-state index in [0.717, 1.165) is 25.7 Å². The Kier molecular flexibility index (Phi) is 5.46. The van der Waals surface area contributed by atoms with Crippen LogP contribution in [0.1, 0.15) is 52.4 Å². The average molecular weight is 228 g/mol. The number of esters is 2. The van der Waals surface area contributed by atoms with E-state index in [2.05, 4.69) is 11.7 Å². The summed E-state index contributed by atoms with van der Waals surface area (Å²) in [6.45, 7) is 3.38. The Hall–Kier alpha value is -0.900. The molecule has 0 N–H and O–H groups in total. The van der Waals surface area contributed by atoms with Gasteiger partial charge in [-0.15, -0.1) is 0 Å². The molecular weight excluding hydrogens is 208 g/mol. The third-order valence-corrected chi connectivity index (χ3v) is 2.73. The minimum Gasteiger partial charge on any atom is -0.393 e. The molecule has 0 aromatic carbocycles. The van der Waals surface area contributed by atoms with Crippen LogP contribution in [0.5, 0.6) is 0 Å². The van der Waals surface area contributed by atoms with E-state index in [1.807, 2.05) is 0 Å². The summed E-state index contributed by atoms with van der Waals surface area (Å²) in [4.78, 5) is 21.6. The molecule has 0 amide bonds. The maximum Gasteiger partial charge on any atom is 0.313 e. The highest BCUT2D eigenvalue weighted by Gasteiger charge is 2.25. The van der Waals surface area contributed by atoms with Crippen molar-refractivity contribution < 1.29 is 19.1 Å². The Labute approximate surface area is 96.3 Å². The van der Waals surface area contributed by atoms with Crippen LogP contribution in [0.3, 0.4) is 0 Å². The van der Waals surface area contributed by atoms with Crippen LogP contribution in [-0.2, 0) is 19.1 Å². The lowest BCUT2D eigenvalue weighted by molar-refractivity contribution is -0.158. The minimum absolute atomic E-state index is 0.163. The van der Waals surface area contributed by atoms with E-state index in [9.17, 15) is 9.59 Å². The van der Waals surface area contributed by atoms with E-state index < -0.39 is 11.9 Å². The van der Waals surface area contributed by atoms with Crippen molar-refractivity contribution in [3.8, 4) is 0 Å². The van der Waals surface area contributed by atoms with Crippen molar-refractivity contribution in [2.24, 2.45) is 0 Å². The highest BCUT2D eigenvalue weighted by atomic mass is 16.6. The van der Waals surface area contributed by atoms with Crippen molar-refractivity contribution >= 4 is 11.9 Å². The Bertz CT molecular complexity index is 249. The highest BCUT2D eigenvalue weighted by Crippen LogP contribution is 2.25. The zero-order valence-corrected chi connectivity index (χ0v) is 10.0. The zero-order chi connectivity index (χ0) is 12.0. The van der Waals surface area contributed by atoms with Crippen molar-refractivity contribution in [3.05, 3.63) is 0 Å². The monoisotopic (exact) mass is 228 g/mol. The fourth-order valence-corrected chi connectivity index (χ4v) is 2.02. The first-order chi connectivity index (χ1) is 7.61. The van der Waals surface area contributed by atoms with Crippen LogP contribution in [0.15, 0.2) is 0 Å². The lowest BCUT2D eigenvalue weighted by atomic mass is 10.1. The predicted molar refractivity (Wildman–Crippen MR) is 58.8 cm³/mol. The van der Waals surface area contributed by atoms with Gasteiger partial charge in [0.2, 0.25) is 0 Å². The van der Waals surface area contributed by atoms with Crippen LogP contribution < -0.4 is 0 Å². The number of hydrogen-bond acceptors (Lipinski definition) is 4. The number of hydrogen-bond donors (Lipinski definition) is 0. The maximum atomic E-state index is 11.1. The molecule has 92 valence electrons. The van der Waals surface area contributed by atoms with Gasteiger partial charge < -0.3 is 9.47 Å². The van der Waals surface area contributed by atoms with Crippen molar-refractivity contribution in [1.29, 1.82) is 0 Å². The summed E-state index contributed by atoms with van der Waals surface area (Å²) >= 11 is 0. The summed E-state index contributed by atoms with van der Waals surface area (Å²) in [6.07, 6.45) is 5.76. The van der Waals surface area contributed by atoms with Crippen molar-refractivity contribution in [3.63, 3.8) is 0 Å². The Balaban J connectivity index is 2.15. The zero-order valence-electron chi connectivity index (χ0n) is 10.0. The lowest BCUT2D eigenvalue weighted by Crippen LogP contribution is -2.15. The first-order valence-corrected chi connectivity index (χ1v) is 5.98. The second kappa shape index (κ2) is 6.63. The van der Waals surface area contributed by atoms with Gasteiger partial charge in [-0.3, -0.25) is 9.59 Å². The molecule has 0 aliphatic carbocycles. The molecular formula is C12H20O4. The van der Waals surface area contributed by atoms with Gasteiger partial charge in [0.15, 0.2) is 0 Å².